The zero-order chi connectivity index (χ0) is 14.0. The summed E-state index contributed by atoms with van der Waals surface area (Å²) in [5.74, 6) is 0.763. The Morgan fingerprint density at radius 2 is 2.05 bits per heavy atom. The molecule has 0 aromatic heterocycles. The molecule has 0 aliphatic carbocycles. The van der Waals surface area contributed by atoms with Gasteiger partial charge in [0.15, 0.2) is 0 Å². The molecule has 2 rings (SSSR count). The molecule has 1 fully saturated rings. The highest BCUT2D eigenvalue weighted by molar-refractivity contribution is 9.10. The fraction of sp³-hybridized carbons (Fsp3) is 0.500. The number of piperidine rings is 1. The number of nitrogens with zero attached hydrogens (tertiary/aromatic N) is 1. The van der Waals surface area contributed by atoms with Crippen molar-refractivity contribution in [3.8, 4) is 0 Å². The Morgan fingerprint density at radius 1 is 1.42 bits per heavy atom. The lowest BCUT2D eigenvalue weighted by atomic mass is 9.94. The molecule has 1 aromatic carbocycles. The van der Waals surface area contributed by atoms with Crippen LogP contribution in [0.3, 0.4) is 0 Å². The molecule has 1 amide bonds. The van der Waals surface area contributed by atoms with Crippen molar-refractivity contribution in [2.24, 2.45) is 5.92 Å². The molecule has 1 heterocycles. The van der Waals surface area contributed by atoms with Crippen LogP contribution in [0.15, 0.2) is 22.7 Å². The summed E-state index contributed by atoms with van der Waals surface area (Å²) in [5, 5.41) is 0.628. The molecule has 2 nitrogen and oxygen atoms in total. The summed E-state index contributed by atoms with van der Waals surface area (Å²) in [4.78, 5) is 14.8. The smallest absolute Gasteiger partial charge is 0.253 e. The zero-order valence-electron chi connectivity index (χ0n) is 10.7. The highest BCUT2D eigenvalue weighted by atomic mass is 79.9. The molecular formula is C14H16Br2ClNO. The number of alkyl halides is 1. The average molecular weight is 410 g/mol. The SMILES string of the molecule is CC(Br)C1CCN(C(=O)c2ccc(Cl)c(Br)c2)CC1. The normalized spacial score (nSPS) is 18.4. The van der Waals surface area contributed by atoms with Crippen LogP contribution in [0.5, 0.6) is 0 Å². The minimum Gasteiger partial charge on any atom is -0.339 e. The van der Waals surface area contributed by atoms with Crippen molar-refractivity contribution in [1.29, 1.82) is 0 Å². The predicted molar refractivity (Wildman–Crippen MR) is 86.2 cm³/mol. The molecule has 1 unspecified atom stereocenters. The Morgan fingerprint density at radius 3 is 2.58 bits per heavy atom. The Balaban J connectivity index is 2.03. The van der Waals surface area contributed by atoms with Crippen LogP contribution in [-0.4, -0.2) is 28.7 Å². The molecule has 0 N–H and O–H groups in total. The van der Waals surface area contributed by atoms with E-state index in [1.165, 1.54) is 0 Å². The number of halogens is 3. The molecule has 1 aliphatic rings. The molecule has 1 saturated heterocycles. The lowest BCUT2D eigenvalue weighted by Crippen LogP contribution is -2.39. The number of hydrogen-bond acceptors (Lipinski definition) is 1. The first-order chi connectivity index (χ1) is 8.99. The molecule has 5 heteroatoms. The van der Waals surface area contributed by atoms with Crippen LogP contribution in [-0.2, 0) is 0 Å². The van der Waals surface area contributed by atoms with Crippen LogP contribution in [0.2, 0.25) is 5.02 Å². The van der Waals surface area contributed by atoms with Crippen molar-refractivity contribution in [1.82, 2.24) is 4.90 Å². The second-order valence-corrected chi connectivity index (χ2v) is 7.64. The van der Waals surface area contributed by atoms with Gasteiger partial charge in [0.25, 0.3) is 5.91 Å². The van der Waals surface area contributed by atoms with Gasteiger partial charge in [0.2, 0.25) is 0 Å². The second-order valence-electron chi connectivity index (χ2n) is 4.94. The second kappa shape index (κ2) is 6.59. The Bertz CT molecular complexity index is 471. The maximum absolute atomic E-state index is 12.4. The van der Waals surface area contributed by atoms with Crippen molar-refractivity contribution in [2.75, 3.05) is 13.1 Å². The summed E-state index contributed by atoms with van der Waals surface area (Å²) in [6, 6.07) is 5.34. The summed E-state index contributed by atoms with van der Waals surface area (Å²) in [6.45, 7) is 3.85. The van der Waals surface area contributed by atoms with E-state index in [2.05, 4.69) is 38.8 Å². The minimum atomic E-state index is 0.0954. The van der Waals surface area contributed by atoms with Gasteiger partial charge in [-0.2, -0.15) is 0 Å². The number of rotatable bonds is 2. The molecule has 0 radical (unpaired) electrons. The minimum absolute atomic E-state index is 0.0954. The highest BCUT2D eigenvalue weighted by Crippen LogP contribution is 2.27. The number of amides is 1. The summed E-state index contributed by atoms with van der Waals surface area (Å²) in [5.41, 5.74) is 0.696. The van der Waals surface area contributed by atoms with E-state index in [0.29, 0.717) is 21.3 Å². The van der Waals surface area contributed by atoms with Gasteiger partial charge in [-0.1, -0.05) is 34.5 Å². The third-order valence-corrected chi connectivity index (χ3v) is 5.60. The van der Waals surface area contributed by atoms with Crippen molar-refractivity contribution < 1.29 is 4.79 Å². The first-order valence-corrected chi connectivity index (χ1v) is 8.46. The van der Waals surface area contributed by atoms with Crippen molar-refractivity contribution in [3.05, 3.63) is 33.3 Å². The highest BCUT2D eigenvalue weighted by Gasteiger charge is 2.25. The topological polar surface area (TPSA) is 20.3 Å². The van der Waals surface area contributed by atoms with Gasteiger partial charge < -0.3 is 4.90 Å². The van der Waals surface area contributed by atoms with Gasteiger partial charge in [-0.3, -0.25) is 4.79 Å². The maximum Gasteiger partial charge on any atom is 0.253 e. The number of hydrogen-bond donors (Lipinski definition) is 0. The third kappa shape index (κ3) is 3.73. The quantitative estimate of drug-likeness (QED) is 0.646. The molecule has 1 aromatic rings. The Labute approximate surface area is 135 Å². The monoisotopic (exact) mass is 407 g/mol. The Hall–Kier alpha value is -0.0600. The van der Waals surface area contributed by atoms with E-state index in [9.17, 15) is 4.79 Å². The number of carbonyl (C=O) groups is 1. The van der Waals surface area contributed by atoms with Crippen LogP contribution >= 0.6 is 43.5 Å². The summed E-state index contributed by atoms with van der Waals surface area (Å²) in [7, 11) is 0. The molecule has 1 atom stereocenters. The van der Waals surface area contributed by atoms with Crippen molar-refractivity contribution in [2.45, 2.75) is 24.6 Å². The van der Waals surface area contributed by atoms with Crippen LogP contribution in [0, 0.1) is 5.92 Å². The van der Waals surface area contributed by atoms with Gasteiger partial charge in [0.1, 0.15) is 0 Å². The summed E-state index contributed by atoms with van der Waals surface area (Å²) in [6.07, 6.45) is 2.12. The van der Waals surface area contributed by atoms with Crippen molar-refractivity contribution in [3.63, 3.8) is 0 Å². The molecule has 1 aliphatic heterocycles. The van der Waals surface area contributed by atoms with Gasteiger partial charge in [-0.25, -0.2) is 0 Å². The molecule has 19 heavy (non-hydrogen) atoms. The van der Waals surface area contributed by atoms with E-state index in [4.69, 9.17) is 11.6 Å². The largest absolute Gasteiger partial charge is 0.339 e. The first kappa shape index (κ1) is 15.3. The molecule has 0 bridgehead atoms. The number of carbonyl (C=O) groups excluding carboxylic acids is 1. The molecular weight excluding hydrogens is 393 g/mol. The lowest BCUT2D eigenvalue weighted by Gasteiger charge is -2.33. The molecule has 0 saturated carbocycles. The fourth-order valence-electron chi connectivity index (χ4n) is 2.37. The standard InChI is InChI=1S/C14H16Br2ClNO/c1-9(15)10-4-6-18(7-5-10)14(19)11-2-3-13(17)12(16)8-11/h2-3,8-10H,4-7H2,1H3. The van der Waals surface area contributed by atoms with E-state index in [1.807, 2.05) is 4.90 Å². The Kier molecular flexibility index (Phi) is 5.32. The van der Waals surface area contributed by atoms with E-state index >= 15 is 0 Å². The fourth-order valence-corrected chi connectivity index (χ4v) is 3.40. The van der Waals surface area contributed by atoms with Gasteiger partial charge in [0, 0.05) is 28.0 Å². The molecule has 104 valence electrons. The predicted octanol–water partition coefficient (Wildman–Crippen LogP) is 4.74. The number of benzene rings is 1. The van der Waals surface area contributed by atoms with Crippen LogP contribution in [0.25, 0.3) is 0 Å². The van der Waals surface area contributed by atoms with E-state index < -0.39 is 0 Å². The average Bonchev–Trinajstić information content (AvgIpc) is 2.41. The van der Waals surface area contributed by atoms with Crippen LogP contribution < -0.4 is 0 Å². The maximum atomic E-state index is 12.4. The van der Waals surface area contributed by atoms with Gasteiger partial charge in [-0.05, 0) is 52.9 Å². The van der Waals surface area contributed by atoms with Gasteiger partial charge in [0.05, 0.1) is 5.02 Å². The van der Waals surface area contributed by atoms with Crippen LogP contribution in [0.4, 0.5) is 0 Å². The zero-order valence-corrected chi connectivity index (χ0v) is 14.6. The van der Waals surface area contributed by atoms with E-state index in [-0.39, 0.29) is 5.91 Å². The summed E-state index contributed by atoms with van der Waals surface area (Å²) < 4.78 is 0.768. The van der Waals surface area contributed by atoms with E-state index in [1.54, 1.807) is 18.2 Å². The summed E-state index contributed by atoms with van der Waals surface area (Å²) >= 11 is 12.9. The molecule has 0 spiro atoms. The third-order valence-electron chi connectivity index (χ3n) is 3.64. The van der Waals surface area contributed by atoms with Gasteiger partial charge in [-0.15, -0.1) is 0 Å². The lowest BCUT2D eigenvalue weighted by molar-refractivity contribution is 0.0691. The van der Waals surface area contributed by atoms with Crippen molar-refractivity contribution >= 4 is 49.4 Å². The number of likely N-dealkylation sites (tertiary alicyclic amines) is 1. The van der Waals surface area contributed by atoms with Crippen LogP contribution in [0.1, 0.15) is 30.1 Å². The first-order valence-electron chi connectivity index (χ1n) is 6.37. The van der Waals surface area contributed by atoms with Gasteiger partial charge >= 0.3 is 0 Å². The van der Waals surface area contributed by atoms with E-state index in [0.717, 1.165) is 30.4 Å².